The van der Waals surface area contributed by atoms with Gasteiger partial charge in [-0.15, -0.1) is 0 Å². The van der Waals surface area contributed by atoms with Crippen molar-refractivity contribution in [3.63, 3.8) is 0 Å². The predicted molar refractivity (Wildman–Crippen MR) is 87.7 cm³/mol. The van der Waals surface area contributed by atoms with Gasteiger partial charge in [-0.2, -0.15) is 0 Å². The van der Waals surface area contributed by atoms with E-state index in [2.05, 4.69) is 24.8 Å². The molecule has 0 unspecified atom stereocenters. The number of H-pyrrole nitrogens is 1. The molecule has 128 valence electrons. The van der Waals surface area contributed by atoms with Crippen molar-refractivity contribution in [3.8, 4) is 6.01 Å². The average molecular weight is 330 g/mol. The minimum atomic E-state index is 0.00313. The summed E-state index contributed by atoms with van der Waals surface area (Å²) in [4.78, 5) is 32.1. The van der Waals surface area contributed by atoms with Gasteiger partial charge in [0.25, 0.3) is 5.91 Å². The summed E-state index contributed by atoms with van der Waals surface area (Å²) in [7, 11) is 1.55. The number of nitrogens with zero attached hydrogens (tertiary/aromatic N) is 5. The van der Waals surface area contributed by atoms with E-state index in [1.54, 1.807) is 25.8 Å². The Morgan fingerprint density at radius 3 is 2.67 bits per heavy atom. The Kier molecular flexibility index (Phi) is 5.05. The number of rotatable bonds is 4. The number of imidazole rings is 1. The van der Waals surface area contributed by atoms with Gasteiger partial charge in [-0.25, -0.2) is 15.0 Å². The Hall–Kier alpha value is -2.48. The van der Waals surface area contributed by atoms with Gasteiger partial charge >= 0.3 is 6.01 Å². The number of aromatic amines is 1. The van der Waals surface area contributed by atoms with Gasteiger partial charge in [-0.3, -0.25) is 9.69 Å². The zero-order chi connectivity index (χ0) is 16.9. The Labute approximate surface area is 140 Å². The Morgan fingerprint density at radius 1 is 1.21 bits per heavy atom. The highest BCUT2D eigenvalue weighted by molar-refractivity contribution is 5.93. The first-order valence-corrected chi connectivity index (χ1v) is 8.04. The molecular formula is C16H22N6O2. The smallest absolute Gasteiger partial charge is 0.316 e. The highest BCUT2D eigenvalue weighted by Crippen LogP contribution is 2.12. The van der Waals surface area contributed by atoms with E-state index in [0.717, 1.165) is 43.9 Å². The van der Waals surface area contributed by atoms with E-state index in [0.29, 0.717) is 18.2 Å². The van der Waals surface area contributed by atoms with Crippen LogP contribution in [0.3, 0.4) is 0 Å². The molecule has 1 amide bonds. The van der Waals surface area contributed by atoms with Gasteiger partial charge in [0.15, 0.2) is 0 Å². The van der Waals surface area contributed by atoms with Crippen LogP contribution in [-0.4, -0.2) is 68.9 Å². The first-order valence-electron chi connectivity index (χ1n) is 8.04. The third kappa shape index (κ3) is 3.70. The molecule has 3 heterocycles. The summed E-state index contributed by atoms with van der Waals surface area (Å²) in [5.41, 5.74) is 2.38. The number of carbonyl (C=O) groups is 1. The fourth-order valence-corrected chi connectivity index (χ4v) is 2.84. The van der Waals surface area contributed by atoms with E-state index in [-0.39, 0.29) is 5.91 Å². The number of amides is 1. The number of hydrogen-bond acceptors (Lipinski definition) is 6. The molecule has 2 aromatic heterocycles. The molecule has 1 N–H and O–H groups in total. The van der Waals surface area contributed by atoms with E-state index >= 15 is 0 Å². The van der Waals surface area contributed by atoms with Gasteiger partial charge in [0.2, 0.25) is 0 Å². The molecule has 8 nitrogen and oxygen atoms in total. The quantitative estimate of drug-likeness (QED) is 0.895. The summed E-state index contributed by atoms with van der Waals surface area (Å²) in [5, 5.41) is 0. The molecule has 2 aromatic rings. The van der Waals surface area contributed by atoms with Gasteiger partial charge in [0, 0.05) is 56.4 Å². The second-order valence-electron chi connectivity index (χ2n) is 5.88. The monoisotopic (exact) mass is 330 g/mol. The zero-order valence-corrected chi connectivity index (χ0v) is 14.0. The third-order valence-corrected chi connectivity index (χ3v) is 4.18. The lowest BCUT2D eigenvalue weighted by molar-refractivity contribution is 0.0755. The number of ether oxygens (including phenoxy) is 1. The van der Waals surface area contributed by atoms with Crippen LogP contribution in [0.4, 0.5) is 0 Å². The molecular weight excluding hydrogens is 308 g/mol. The molecule has 24 heavy (non-hydrogen) atoms. The molecule has 0 spiro atoms. The molecule has 1 aliphatic rings. The molecule has 0 saturated carbocycles. The van der Waals surface area contributed by atoms with Gasteiger partial charge < -0.3 is 14.6 Å². The number of aromatic nitrogens is 4. The summed E-state index contributed by atoms with van der Waals surface area (Å²) < 4.78 is 4.98. The number of methoxy groups -OCH3 is 1. The first kappa shape index (κ1) is 16.4. The third-order valence-electron chi connectivity index (χ3n) is 4.18. The average Bonchev–Trinajstić information content (AvgIpc) is 2.89. The van der Waals surface area contributed by atoms with Crippen molar-refractivity contribution in [2.75, 3.05) is 33.3 Å². The Morgan fingerprint density at radius 2 is 2.00 bits per heavy atom. The minimum Gasteiger partial charge on any atom is -0.467 e. The standard InChI is InChI=1S/C16H22N6O2/c1-12-14(20-11-19-12)15(23)22-5-3-4-21(6-7-22)10-13-8-17-16(24-2)18-9-13/h8-9,11H,3-7,10H2,1-2H3,(H,19,20). The lowest BCUT2D eigenvalue weighted by atomic mass is 10.3. The van der Waals surface area contributed by atoms with Crippen LogP contribution in [0.15, 0.2) is 18.7 Å². The van der Waals surface area contributed by atoms with E-state index < -0.39 is 0 Å². The zero-order valence-electron chi connectivity index (χ0n) is 14.0. The minimum absolute atomic E-state index is 0.00313. The van der Waals surface area contributed by atoms with Gasteiger partial charge in [-0.05, 0) is 13.3 Å². The van der Waals surface area contributed by atoms with Crippen LogP contribution in [0.25, 0.3) is 0 Å². The van der Waals surface area contributed by atoms with Crippen molar-refractivity contribution in [2.45, 2.75) is 19.9 Å². The maximum Gasteiger partial charge on any atom is 0.316 e. The molecule has 3 rings (SSSR count). The number of carbonyl (C=O) groups excluding carboxylic acids is 1. The van der Waals surface area contributed by atoms with Crippen molar-refractivity contribution in [1.29, 1.82) is 0 Å². The van der Waals surface area contributed by atoms with Gasteiger partial charge in [-0.1, -0.05) is 0 Å². The lowest BCUT2D eigenvalue weighted by Crippen LogP contribution is -2.35. The largest absolute Gasteiger partial charge is 0.467 e. The summed E-state index contributed by atoms with van der Waals surface area (Å²) >= 11 is 0. The molecule has 1 saturated heterocycles. The molecule has 1 fully saturated rings. The van der Waals surface area contributed by atoms with Crippen LogP contribution in [0.5, 0.6) is 6.01 Å². The molecule has 1 aliphatic heterocycles. The highest BCUT2D eigenvalue weighted by Gasteiger charge is 2.23. The maximum absolute atomic E-state index is 12.6. The maximum atomic E-state index is 12.6. The number of nitrogens with one attached hydrogen (secondary N) is 1. The van der Waals surface area contributed by atoms with Crippen molar-refractivity contribution in [2.24, 2.45) is 0 Å². The summed E-state index contributed by atoms with van der Waals surface area (Å²) in [6.07, 6.45) is 6.07. The molecule has 0 radical (unpaired) electrons. The topological polar surface area (TPSA) is 87.2 Å². The molecule has 0 aliphatic carbocycles. The lowest BCUT2D eigenvalue weighted by Gasteiger charge is -2.21. The van der Waals surface area contributed by atoms with Crippen molar-refractivity contribution in [3.05, 3.63) is 35.7 Å². The van der Waals surface area contributed by atoms with Crippen LogP contribution in [0.2, 0.25) is 0 Å². The van der Waals surface area contributed by atoms with Crippen LogP contribution in [-0.2, 0) is 6.54 Å². The second kappa shape index (κ2) is 7.39. The molecule has 0 aromatic carbocycles. The van der Waals surface area contributed by atoms with Crippen LogP contribution >= 0.6 is 0 Å². The first-order chi connectivity index (χ1) is 11.7. The fraction of sp³-hybridized carbons (Fsp3) is 0.500. The van der Waals surface area contributed by atoms with Crippen LogP contribution in [0.1, 0.15) is 28.2 Å². The molecule has 0 bridgehead atoms. The van der Waals surface area contributed by atoms with Gasteiger partial charge in [0.05, 0.1) is 13.4 Å². The molecule has 0 atom stereocenters. The SMILES string of the molecule is COc1ncc(CN2CCCN(C(=O)c3nc[nH]c3C)CC2)cn1. The summed E-state index contributed by atoms with van der Waals surface area (Å²) in [6, 6.07) is 0.376. The summed E-state index contributed by atoms with van der Waals surface area (Å²) in [5.74, 6) is 0.00313. The van der Waals surface area contributed by atoms with E-state index in [1.165, 1.54) is 0 Å². The normalized spacial score (nSPS) is 16.0. The van der Waals surface area contributed by atoms with E-state index in [9.17, 15) is 4.79 Å². The molecule has 8 heteroatoms. The summed E-state index contributed by atoms with van der Waals surface area (Å²) in [6.45, 7) is 5.85. The number of hydrogen-bond donors (Lipinski definition) is 1. The Bertz CT molecular complexity index is 684. The van der Waals surface area contributed by atoms with E-state index in [4.69, 9.17) is 4.74 Å². The van der Waals surface area contributed by atoms with Crippen molar-refractivity contribution < 1.29 is 9.53 Å². The van der Waals surface area contributed by atoms with Crippen LogP contribution in [0, 0.1) is 6.92 Å². The predicted octanol–water partition coefficient (Wildman–Crippen LogP) is 0.865. The second-order valence-corrected chi connectivity index (χ2v) is 5.88. The Balaban J connectivity index is 1.58. The number of aryl methyl sites for hydroxylation is 1. The van der Waals surface area contributed by atoms with E-state index in [1.807, 2.05) is 11.8 Å². The van der Waals surface area contributed by atoms with Crippen LogP contribution < -0.4 is 4.74 Å². The van der Waals surface area contributed by atoms with Gasteiger partial charge in [0.1, 0.15) is 5.69 Å². The fourth-order valence-electron chi connectivity index (χ4n) is 2.84. The highest BCUT2D eigenvalue weighted by atomic mass is 16.5. The van der Waals surface area contributed by atoms with Crippen molar-refractivity contribution >= 4 is 5.91 Å². The van der Waals surface area contributed by atoms with Crippen molar-refractivity contribution in [1.82, 2.24) is 29.7 Å².